The molecule has 1 atom stereocenters. The van der Waals surface area contributed by atoms with Crippen LogP contribution in [0.25, 0.3) is 0 Å². The van der Waals surface area contributed by atoms with Crippen LogP contribution in [0.4, 0.5) is 0 Å². The summed E-state index contributed by atoms with van der Waals surface area (Å²) in [5, 5.41) is 3.43. The van der Waals surface area contributed by atoms with Crippen molar-refractivity contribution in [1.82, 2.24) is 5.32 Å². The van der Waals surface area contributed by atoms with E-state index < -0.39 is 0 Å². The minimum atomic E-state index is 0.206. The average molecular weight is 346 g/mol. The fourth-order valence-electron chi connectivity index (χ4n) is 2.50. The summed E-state index contributed by atoms with van der Waals surface area (Å²) < 4.78 is 1.14. The highest BCUT2D eigenvalue weighted by Gasteiger charge is 2.15. The first-order valence-electron chi connectivity index (χ1n) is 7.42. The maximum atomic E-state index is 3.54. The average Bonchev–Trinajstić information content (AvgIpc) is 2.44. The Bertz CT molecular complexity index is 581. The molecule has 2 aromatic rings. The fraction of sp³-hybridized carbons (Fsp3) is 0.368. The van der Waals surface area contributed by atoms with Crippen LogP contribution in [0.15, 0.2) is 53.0 Å². The molecule has 0 amide bonds. The van der Waals surface area contributed by atoms with Gasteiger partial charge in [0, 0.05) is 10.5 Å². The van der Waals surface area contributed by atoms with Gasteiger partial charge in [0.2, 0.25) is 0 Å². The van der Waals surface area contributed by atoms with Crippen molar-refractivity contribution in [2.45, 2.75) is 38.6 Å². The monoisotopic (exact) mass is 345 g/mol. The van der Waals surface area contributed by atoms with E-state index >= 15 is 0 Å². The van der Waals surface area contributed by atoms with E-state index in [9.17, 15) is 0 Å². The molecule has 0 aromatic heterocycles. The molecule has 2 aromatic carbocycles. The van der Waals surface area contributed by atoms with Gasteiger partial charge in [-0.15, -0.1) is 0 Å². The van der Waals surface area contributed by atoms with Gasteiger partial charge in [-0.2, -0.15) is 0 Å². The molecular weight excluding hydrogens is 322 g/mol. The van der Waals surface area contributed by atoms with Crippen molar-refractivity contribution in [3.8, 4) is 0 Å². The van der Waals surface area contributed by atoms with Crippen LogP contribution in [0.3, 0.4) is 0 Å². The summed E-state index contributed by atoms with van der Waals surface area (Å²) in [5.74, 6) is 0. The zero-order valence-corrected chi connectivity index (χ0v) is 14.9. The van der Waals surface area contributed by atoms with Crippen molar-refractivity contribution in [1.29, 1.82) is 0 Å². The Morgan fingerprint density at radius 3 is 2.24 bits per heavy atom. The summed E-state index contributed by atoms with van der Waals surface area (Å²) >= 11 is 3.54. The number of rotatable bonds is 4. The lowest BCUT2D eigenvalue weighted by atomic mass is 9.86. The molecule has 2 heteroatoms. The van der Waals surface area contributed by atoms with Gasteiger partial charge in [-0.05, 0) is 47.7 Å². The minimum Gasteiger partial charge on any atom is -0.313 e. The number of hydrogen-bond acceptors (Lipinski definition) is 1. The fourth-order valence-corrected chi connectivity index (χ4v) is 2.95. The van der Waals surface area contributed by atoms with E-state index in [2.05, 4.69) is 90.5 Å². The molecule has 0 bridgehead atoms. The second-order valence-corrected chi connectivity index (χ2v) is 7.46. The molecule has 0 saturated carbocycles. The van der Waals surface area contributed by atoms with E-state index in [1.54, 1.807) is 0 Å². The maximum Gasteiger partial charge on any atom is 0.0358 e. The van der Waals surface area contributed by atoms with Crippen LogP contribution < -0.4 is 5.32 Å². The van der Waals surface area contributed by atoms with E-state index in [0.29, 0.717) is 6.04 Å². The molecule has 0 aliphatic carbocycles. The molecule has 0 saturated heterocycles. The molecule has 0 aliphatic heterocycles. The zero-order chi connectivity index (χ0) is 15.5. The van der Waals surface area contributed by atoms with Gasteiger partial charge in [-0.1, -0.05) is 73.1 Å². The second kappa shape index (κ2) is 6.76. The van der Waals surface area contributed by atoms with Gasteiger partial charge in [0.1, 0.15) is 0 Å². The summed E-state index contributed by atoms with van der Waals surface area (Å²) in [6.07, 6.45) is 0.991. The molecule has 0 aliphatic rings. The van der Waals surface area contributed by atoms with Crippen LogP contribution in [0.1, 0.15) is 43.5 Å². The van der Waals surface area contributed by atoms with Crippen LogP contribution in [0.5, 0.6) is 0 Å². The van der Waals surface area contributed by atoms with Crippen molar-refractivity contribution in [2.75, 3.05) is 7.05 Å². The molecule has 0 spiro atoms. The molecule has 0 heterocycles. The SMILES string of the molecule is CNC(Cc1cccc(Br)c1)c1ccc(C(C)(C)C)cc1. The first-order chi connectivity index (χ1) is 9.90. The highest BCUT2D eigenvalue weighted by molar-refractivity contribution is 9.10. The zero-order valence-electron chi connectivity index (χ0n) is 13.3. The Labute approximate surface area is 136 Å². The van der Waals surface area contributed by atoms with Gasteiger partial charge >= 0.3 is 0 Å². The van der Waals surface area contributed by atoms with Gasteiger partial charge in [0.25, 0.3) is 0 Å². The van der Waals surface area contributed by atoms with Crippen molar-refractivity contribution < 1.29 is 0 Å². The summed E-state index contributed by atoms with van der Waals surface area (Å²) in [4.78, 5) is 0. The molecule has 112 valence electrons. The first-order valence-corrected chi connectivity index (χ1v) is 8.21. The summed E-state index contributed by atoms with van der Waals surface area (Å²) in [5.41, 5.74) is 4.26. The van der Waals surface area contributed by atoms with Crippen LogP contribution >= 0.6 is 15.9 Å². The quantitative estimate of drug-likeness (QED) is 0.797. The molecule has 2 rings (SSSR count). The highest BCUT2D eigenvalue weighted by Crippen LogP contribution is 2.25. The topological polar surface area (TPSA) is 12.0 Å². The number of halogens is 1. The van der Waals surface area contributed by atoms with Gasteiger partial charge in [-0.25, -0.2) is 0 Å². The Morgan fingerprint density at radius 2 is 1.71 bits per heavy atom. The van der Waals surface area contributed by atoms with Gasteiger partial charge in [0.05, 0.1) is 0 Å². The van der Waals surface area contributed by atoms with Crippen LogP contribution in [0, 0.1) is 0 Å². The third-order valence-corrected chi connectivity index (χ3v) is 4.35. The number of likely N-dealkylation sites (N-methyl/N-ethyl adjacent to an activating group) is 1. The predicted molar refractivity (Wildman–Crippen MR) is 94.8 cm³/mol. The van der Waals surface area contributed by atoms with E-state index in [1.807, 2.05) is 7.05 Å². The third kappa shape index (κ3) is 4.42. The lowest BCUT2D eigenvalue weighted by Gasteiger charge is -2.21. The standard InChI is InChI=1S/C19H24BrN/c1-19(2,3)16-10-8-15(9-11-16)18(21-4)13-14-6-5-7-17(20)12-14/h5-12,18,21H,13H2,1-4H3. The third-order valence-electron chi connectivity index (χ3n) is 3.86. The Kier molecular flexibility index (Phi) is 5.23. The Morgan fingerprint density at radius 1 is 1.05 bits per heavy atom. The molecule has 21 heavy (non-hydrogen) atoms. The number of benzene rings is 2. The minimum absolute atomic E-state index is 0.206. The van der Waals surface area contributed by atoms with Crippen LogP contribution in [0.2, 0.25) is 0 Å². The largest absolute Gasteiger partial charge is 0.313 e. The van der Waals surface area contributed by atoms with E-state index in [1.165, 1.54) is 16.7 Å². The second-order valence-electron chi connectivity index (χ2n) is 6.55. The number of nitrogens with one attached hydrogen (secondary N) is 1. The molecule has 0 fully saturated rings. The van der Waals surface area contributed by atoms with Crippen molar-refractivity contribution in [3.05, 3.63) is 69.7 Å². The van der Waals surface area contributed by atoms with Crippen LogP contribution in [-0.4, -0.2) is 7.05 Å². The highest BCUT2D eigenvalue weighted by atomic mass is 79.9. The van der Waals surface area contributed by atoms with E-state index in [0.717, 1.165) is 10.9 Å². The maximum absolute atomic E-state index is 3.54. The summed E-state index contributed by atoms with van der Waals surface area (Å²) in [6.45, 7) is 6.75. The summed E-state index contributed by atoms with van der Waals surface area (Å²) in [7, 11) is 2.03. The first kappa shape index (κ1) is 16.3. The molecule has 0 radical (unpaired) electrons. The van der Waals surface area contributed by atoms with Gasteiger partial charge in [-0.3, -0.25) is 0 Å². The molecule has 1 nitrogen and oxygen atoms in total. The lowest BCUT2D eigenvalue weighted by molar-refractivity contribution is 0.579. The predicted octanol–water partition coefficient (Wildman–Crippen LogP) is 5.25. The van der Waals surface area contributed by atoms with Crippen molar-refractivity contribution in [2.24, 2.45) is 0 Å². The molecule has 1 unspecified atom stereocenters. The number of hydrogen-bond donors (Lipinski definition) is 1. The molecule has 1 N–H and O–H groups in total. The van der Waals surface area contributed by atoms with Crippen LogP contribution in [-0.2, 0) is 11.8 Å². The van der Waals surface area contributed by atoms with Gasteiger partial charge in [0.15, 0.2) is 0 Å². The normalized spacial score (nSPS) is 13.2. The van der Waals surface area contributed by atoms with Gasteiger partial charge < -0.3 is 5.32 Å². The Hall–Kier alpha value is -1.12. The van der Waals surface area contributed by atoms with Crippen molar-refractivity contribution >= 4 is 15.9 Å². The van der Waals surface area contributed by atoms with E-state index in [4.69, 9.17) is 0 Å². The lowest BCUT2D eigenvalue weighted by Crippen LogP contribution is -2.19. The smallest absolute Gasteiger partial charge is 0.0358 e. The molecular formula is C19H24BrN. The van der Waals surface area contributed by atoms with E-state index in [-0.39, 0.29) is 5.41 Å². The Balaban J connectivity index is 2.18. The van der Waals surface area contributed by atoms with Crippen molar-refractivity contribution in [3.63, 3.8) is 0 Å². The summed E-state index contributed by atoms with van der Waals surface area (Å²) in [6, 6.07) is 17.9.